The molecule has 3 fully saturated rings. The molecule has 9 heteroatoms. The van der Waals surface area contributed by atoms with Crippen LogP contribution in [0.5, 0.6) is 11.5 Å². The quantitative estimate of drug-likeness (QED) is 0.474. The SMILES string of the molecule is CCN1C(=O)[C@H]2[C@H](CC=C3[C@H]2C[C@H]2C(=O)N(CC)C(=O)[C@H]2[C@H]3c2cc(Br)cc(OC)c2O)C1=O. The van der Waals surface area contributed by atoms with E-state index in [4.69, 9.17) is 4.74 Å². The largest absolute Gasteiger partial charge is 0.504 e. The summed E-state index contributed by atoms with van der Waals surface area (Å²) in [5.41, 5.74) is 1.34. The first-order valence-electron chi connectivity index (χ1n) is 11.7. The smallest absolute Gasteiger partial charge is 0.234 e. The highest BCUT2D eigenvalue weighted by Gasteiger charge is 2.61. The van der Waals surface area contributed by atoms with Crippen LogP contribution in [0.4, 0.5) is 0 Å². The number of carbonyl (C=O) groups excluding carboxylic acids is 4. The molecule has 0 aromatic heterocycles. The van der Waals surface area contributed by atoms with Gasteiger partial charge in [0.1, 0.15) is 0 Å². The Bertz CT molecular complexity index is 1150. The average Bonchev–Trinajstić information content (AvgIpc) is 3.22. The number of methoxy groups -OCH3 is 1. The summed E-state index contributed by atoms with van der Waals surface area (Å²) in [6, 6.07) is 3.39. The van der Waals surface area contributed by atoms with Gasteiger partial charge in [-0.3, -0.25) is 29.0 Å². The number of hydrogen-bond acceptors (Lipinski definition) is 6. The summed E-state index contributed by atoms with van der Waals surface area (Å²) in [6.45, 7) is 4.13. The van der Waals surface area contributed by atoms with Crippen LogP contribution in [0.15, 0.2) is 28.3 Å². The minimum absolute atomic E-state index is 0.0858. The van der Waals surface area contributed by atoms with Crippen molar-refractivity contribution in [2.24, 2.45) is 29.6 Å². The zero-order valence-corrected chi connectivity index (χ0v) is 20.9. The molecule has 0 bridgehead atoms. The Morgan fingerprint density at radius 3 is 2.18 bits per heavy atom. The van der Waals surface area contributed by atoms with Gasteiger partial charge in [-0.05, 0) is 44.7 Å². The van der Waals surface area contributed by atoms with E-state index in [1.54, 1.807) is 26.0 Å². The summed E-state index contributed by atoms with van der Waals surface area (Å²) >= 11 is 3.47. The number of aromatic hydroxyl groups is 1. The zero-order valence-electron chi connectivity index (χ0n) is 19.3. The number of rotatable bonds is 4. The van der Waals surface area contributed by atoms with E-state index < -0.39 is 29.6 Å². The molecular formula is C25H27BrN2O6. The first-order chi connectivity index (χ1) is 16.2. The number of ether oxygens (including phenoxy) is 1. The summed E-state index contributed by atoms with van der Waals surface area (Å²) in [4.78, 5) is 55.6. The number of imide groups is 2. The molecule has 5 rings (SSSR count). The Balaban J connectivity index is 1.70. The van der Waals surface area contributed by atoms with Gasteiger partial charge in [0.2, 0.25) is 23.6 Å². The monoisotopic (exact) mass is 530 g/mol. The lowest BCUT2D eigenvalue weighted by Crippen LogP contribution is -2.43. The van der Waals surface area contributed by atoms with Crippen molar-refractivity contribution in [1.82, 2.24) is 9.80 Å². The van der Waals surface area contributed by atoms with Crippen LogP contribution in [0.1, 0.15) is 38.2 Å². The third-order valence-corrected chi connectivity index (χ3v) is 8.55. The van der Waals surface area contributed by atoms with Crippen molar-refractivity contribution in [1.29, 1.82) is 0 Å². The summed E-state index contributed by atoms with van der Waals surface area (Å²) in [6.07, 6.45) is 2.71. The molecule has 1 saturated carbocycles. The maximum atomic E-state index is 13.5. The van der Waals surface area contributed by atoms with Gasteiger partial charge in [0.05, 0.1) is 30.8 Å². The maximum absolute atomic E-state index is 13.5. The number of fused-ring (bicyclic) bond motifs is 4. The number of likely N-dealkylation sites (tertiary alicyclic amines) is 2. The Morgan fingerprint density at radius 1 is 0.941 bits per heavy atom. The van der Waals surface area contributed by atoms with Crippen molar-refractivity contribution >= 4 is 39.6 Å². The molecule has 4 amide bonds. The minimum atomic E-state index is -0.675. The fourth-order valence-electron chi connectivity index (χ4n) is 6.68. The number of phenols is 1. The Kier molecular flexibility index (Phi) is 5.58. The fourth-order valence-corrected chi connectivity index (χ4v) is 7.13. The normalized spacial score (nSPS) is 32.5. The molecule has 4 aliphatic rings. The zero-order chi connectivity index (χ0) is 24.5. The molecule has 1 N–H and O–H groups in total. The first kappa shape index (κ1) is 23.1. The van der Waals surface area contributed by atoms with Gasteiger partial charge in [-0.2, -0.15) is 0 Å². The second kappa shape index (κ2) is 8.22. The van der Waals surface area contributed by atoms with E-state index in [0.29, 0.717) is 29.4 Å². The number of amides is 4. The van der Waals surface area contributed by atoms with Crippen LogP contribution >= 0.6 is 15.9 Å². The number of carbonyl (C=O) groups is 4. The van der Waals surface area contributed by atoms with E-state index in [-0.39, 0.29) is 47.6 Å². The predicted octanol–water partition coefficient (Wildman–Crippen LogP) is 2.84. The van der Waals surface area contributed by atoms with E-state index in [2.05, 4.69) is 15.9 Å². The molecule has 2 aliphatic carbocycles. The summed E-state index contributed by atoms with van der Waals surface area (Å²) in [7, 11) is 1.45. The van der Waals surface area contributed by atoms with E-state index in [1.165, 1.54) is 16.9 Å². The van der Waals surface area contributed by atoms with E-state index in [1.807, 2.05) is 6.08 Å². The lowest BCUT2D eigenvalue weighted by atomic mass is 9.57. The third kappa shape index (κ3) is 3.01. The molecule has 2 saturated heterocycles. The number of halogens is 1. The molecule has 2 heterocycles. The Labute approximate surface area is 206 Å². The molecule has 2 aliphatic heterocycles. The molecule has 0 unspecified atom stereocenters. The number of phenolic OH excluding ortho intramolecular Hbond substituents is 1. The fraction of sp³-hybridized carbons (Fsp3) is 0.520. The van der Waals surface area contributed by atoms with Gasteiger partial charge in [0.15, 0.2) is 11.5 Å². The summed E-state index contributed by atoms with van der Waals surface area (Å²) in [5.74, 6) is -3.92. The Hall–Kier alpha value is -2.68. The van der Waals surface area contributed by atoms with Crippen LogP contribution in [0, 0.1) is 29.6 Å². The van der Waals surface area contributed by atoms with Crippen LogP contribution in [0.3, 0.4) is 0 Å². The highest BCUT2D eigenvalue weighted by atomic mass is 79.9. The lowest BCUT2D eigenvalue weighted by Gasteiger charge is -2.44. The number of benzene rings is 1. The molecule has 1 aromatic rings. The van der Waals surface area contributed by atoms with E-state index in [0.717, 1.165) is 5.57 Å². The number of hydrogen-bond donors (Lipinski definition) is 1. The first-order valence-corrected chi connectivity index (χ1v) is 12.5. The predicted molar refractivity (Wildman–Crippen MR) is 125 cm³/mol. The topological polar surface area (TPSA) is 104 Å². The van der Waals surface area contributed by atoms with Crippen molar-refractivity contribution in [2.45, 2.75) is 32.6 Å². The molecule has 34 heavy (non-hydrogen) atoms. The van der Waals surface area contributed by atoms with Crippen molar-refractivity contribution < 1.29 is 29.0 Å². The van der Waals surface area contributed by atoms with Crippen molar-refractivity contribution in [3.63, 3.8) is 0 Å². The lowest BCUT2D eigenvalue weighted by molar-refractivity contribution is -0.141. The summed E-state index contributed by atoms with van der Waals surface area (Å²) in [5, 5.41) is 11.1. The molecule has 0 spiro atoms. The van der Waals surface area contributed by atoms with Crippen LogP contribution in [-0.4, -0.2) is 58.7 Å². The van der Waals surface area contributed by atoms with Crippen molar-refractivity contribution in [3.8, 4) is 11.5 Å². The Morgan fingerprint density at radius 2 is 1.56 bits per heavy atom. The van der Waals surface area contributed by atoms with Crippen molar-refractivity contribution in [3.05, 3.63) is 33.8 Å². The van der Waals surface area contributed by atoms with E-state index >= 15 is 0 Å². The van der Waals surface area contributed by atoms with Crippen LogP contribution < -0.4 is 4.74 Å². The highest BCUT2D eigenvalue weighted by Crippen LogP contribution is 2.59. The van der Waals surface area contributed by atoms with Crippen LogP contribution in [-0.2, 0) is 19.2 Å². The second-order valence-corrected chi connectivity index (χ2v) is 10.3. The molecule has 0 radical (unpaired) electrons. The number of allylic oxidation sites excluding steroid dienone is 2. The van der Waals surface area contributed by atoms with Crippen molar-refractivity contribution in [2.75, 3.05) is 20.2 Å². The van der Waals surface area contributed by atoms with E-state index in [9.17, 15) is 24.3 Å². The van der Waals surface area contributed by atoms with Gasteiger partial charge in [-0.1, -0.05) is 27.6 Å². The summed E-state index contributed by atoms with van der Waals surface area (Å²) < 4.78 is 6.02. The average molecular weight is 531 g/mol. The van der Waals surface area contributed by atoms with Gasteiger partial charge in [0.25, 0.3) is 0 Å². The maximum Gasteiger partial charge on any atom is 0.234 e. The van der Waals surface area contributed by atoms with Gasteiger partial charge in [-0.15, -0.1) is 0 Å². The van der Waals surface area contributed by atoms with Gasteiger partial charge < -0.3 is 9.84 Å². The van der Waals surface area contributed by atoms with Crippen LogP contribution in [0.2, 0.25) is 0 Å². The standard InChI is InChI=1S/C25H27BrN2O6/c1-4-27-22(30)13-7-6-12-14(19(13)24(27)32)10-16-20(25(33)28(5-2)23(16)31)18(12)15-8-11(26)9-17(34-3)21(15)29/h6,8-9,13-14,16,18-20,29H,4-5,7,10H2,1-3H3/t13-,14+,16+,18+,19-,20+/m0/s1. The van der Waals surface area contributed by atoms with Crippen LogP contribution in [0.25, 0.3) is 0 Å². The van der Waals surface area contributed by atoms with Gasteiger partial charge in [0, 0.05) is 29.0 Å². The van der Waals surface area contributed by atoms with Gasteiger partial charge in [-0.25, -0.2) is 0 Å². The molecule has 180 valence electrons. The minimum Gasteiger partial charge on any atom is -0.504 e. The molecule has 1 aromatic carbocycles. The molecular weight excluding hydrogens is 504 g/mol. The van der Waals surface area contributed by atoms with Gasteiger partial charge >= 0.3 is 0 Å². The second-order valence-electron chi connectivity index (χ2n) is 9.41. The highest BCUT2D eigenvalue weighted by molar-refractivity contribution is 9.10. The molecule has 8 nitrogen and oxygen atoms in total. The molecule has 6 atom stereocenters. The number of nitrogens with zero attached hydrogens (tertiary/aromatic N) is 2. The third-order valence-electron chi connectivity index (χ3n) is 8.09.